The summed E-state index contributed by atoms with van der Waals surface area (Å²) >= 11 is 0. The highest BCUT2D eigenvalue weighted by Gasteiger charge is 2.14. The molecule has 1 aliphatic rings. The second kappa shape index (κ2) is 4.33. The highest BCUT2D eigenvalue weighted by Crippen LogP contribution is 2.27. The van der Waals surface area contributed by atoms with Gasteiger partial charge in [0.15, 0.2) is 11.5 Å². The summed E-state index contributed by atoms with van der Waals surface area (Å²) < 4.78 is 5.20. The van der Waals surface area contributed by atoms with Crippen LogP contribution in [0.5, 0.6) is 11.5 Å². The van der Waals surface area contributed by atoms with Crippen molar-refractivity contribution in [1.82, 2.24) is 5.06 Å². The number of para-hydroxylation sites is 2. The molecule has 0 radical (unpaired) electrons. The molecule has 76 valence electrons. The molecule has 1 heterocycles. The van der Waals surface area contributed by atoms with Crippen molar-refractivity contribution in [3.8, 4) is 11.5 Å². The quantitative estimate of drug-likeness (QED) is 0.733. The standard InChI is InChI=1S/C11H15NO2/c1-13-10-6-2-3-7-11(10)14-12-8-4-5-9-12/h2-3,6-7H,4-5,8-9H2,1H3. The number of rotatable bonds is 3. The number of benzene rings is 1. The van der Waals surface area contributed by atoms with Crippen LogP contribution >= 0.6 is 0 Å². The van der Waals surface area contributed by atoms with E-state index in [2.05, 4.69) is 0 Å². The fourth-order valence-electron chi connectivity index (χ4n) is 1.61. The van der Waals surface area contributed by atoms with Crippen LogP contribution in [0, 0.1) is 0 Å². The van der Waals surface area contributed by atoms with Gasteiger partial charge in [-0.25, -0.2) is 0 Å². The third-order valence-corrected chi connectivity index (χ3v) is 2.36. The van der Waals surface area contributed by atoms with Gasteiger partial charge in [-0.1, -0.05) is 12.1 Å². The molecule has 0 unspecified atom stereocenters. The number of hydroxylamine groups is 2. The number of hydrogen-bond acceptors (Lipinski definition) is 3. The van der Waals surface area contributed by atoms with Gasteiger partial charge in [0.1, 0.15) is 0 Å². The summed E-state index contributed by atoms with van der Waals surface area (Å²) in [6.45, 7) is 2.02. The molecule has 1 aromatic carbocycles. The molecular weight excluding hydrogens is 178 g/mol. The van der Waals surface area contributed by atoms with E-state index >= 15 is 0 Å². The molecule has 0 aliphatic carbocycles. The molecule has 1 saturated heterocycles. The minimum atomic E-state index is 0.791. The van der Waals surface area contributed by atoms with Gasteiger partial charge in [0, 0.05) is 13.1 Å². The van der Waals surface area contributed by atoms with Crippen LogP contribution in [0.4, 0.5) is 0 Å². The van der Waals surface area contributed by atoms with Crippen LogP contribution in [0.15, 0.2) is 24.3 Å². The Morgan fingerprint density at radius 2 is 1.71 bits per heavy atom. The molecule has 3 nitrogen and oxygen atoms in total. The van der Waals surface area contributed by atoms with Crippen molar-refractivity contribution in [2.75, 3.05) is 20.2 Å². The molecule has 0 amide bonds. The molecule has 0 bridgehead atoms. The zero-order valence-electron chi connectivity index (χ0n) is 8.40. The molecule has 0 spiro atoms. The Morgan fingerprint density at radius 1 is 1.07 bits per heavy atom. The van der Waals surface area contributed by atoms with Crippen molar-refractivity contribution in [3.05, 3.63) is 24.3 Å². The van der Waals surface area contributed by atoms with E-state index in [-0.39, 0.29) is 0 Å². The SMILES string of the molecule is COc1ccccc1ON1CCCC1. The minimum Gasteiger partial charge on any atom is -0.493 e. The van der Waals surface area contributed by atoms with Crippen LogP contribution in [0.3, 0.4) is 0 Å². The van der Waals surface area contributed by atoms with Crippen molar-refractivity contribution in [2.24, 2.45) is 0 Å². The molecule has 3 heteroatoms. The first kappa shape index (κ1) is 9.34. The Labute approximate surface area is 84.2 Å². The summed E-state index contributed by atoms with van der Waals surface area (Å²) in [5.74, 6) is 1.59. The lowest BCUT2D eigenvalue weighted by Gasteiger charge is -2.17. The number of nitrogens with zero attached hydrogens (tertiary/aromatic N) is 1. The third kappa shape index (κ3) is 1.99. The third-order valence-electron chi connectivity index (χ3n) is 2.36. The fraction of sp³-hybridized carbons (Fsp3) is 0.455. The Morgan fingerprint density at radius 3 is 2.36 bits per heavy atom. The van der Waals surface area contributed by atoms with Crippen LogP contribution in [0.1, 0.15) is 12.8 Å². The van der Waals surface area contributed by atoms with E-state index in [9.17, 15) is 0 Å². The zero-order valence-corrected chi connectivity index (χ0v) is 8.40. The van der Waals surface area contributed by atoms with E-state index in [0.29, 0.717) is 0 Å². The summed E-state index contributed by atoms with van der Waals surface area (Å²) in [5.41, 5.74) is 0. The number of ether oxygens (including phenoxy) is 1. The normalized spacial score (nSPS) is 16.9. The largest absolute Gasteiger partial charge is 0.493 e. The van der Waals surface area contributed by atoms with E-state index in [1.165, 1.54) is 12.8 Å². The van der Waals surface area contributed by atoms with Crippen LogP contribution in [0.2, 0.25) is 0 Å². The predicted octanol–water partition coefficient (Wildman–Crippen LogP) is 2.08. The molecule has 1 aromatic rings. The second-order valence-electron chi connectivity index (χ2n) is 3.38. The highest BCUT2D eigenvalue weighted by molar-refractivity contribution is 5.39. The molecule has 2 rings (SSSR count). The van der Waals surface area contributed by atoms with Gasteiger partial charge >= 0.3 is 0 Å². The number of hydrogen-bond donors (Lipinski definition) is 0. The average molecular weight is 193 g/mol. The highest BCUT2D eigenvalue weighted by atomic mass is 16.7. The fourth-order valence-corrected chi connectivity index (χ4v) is 1.61. The molecule has 0 N–H and O–H groups in total. The Kier molecular flexibility index (Phi) is 2.89. The van der Waals surface area contributed by atoms with E-state index in [1.54, 1.807) is 7.11 Å². The van der Waals surface area contributed by atoms with E-state index in [0.717, 1.165) is 24.6 Å². The van der Waals surface area contributed by atoms with Gasteiger partial charge in [-0.15, -0.1) is 5.06 Å². The Bertz CT molecular complexity index is 295. The minimum absolute atomic E-state index is 0.791. The Hall–Kier alpha value is -1.22. The van der Waals surface area contributed by atoms with Crippen molar-refractivity contribution in [3.63, 3.8) is 0 Å². The summed E-state index contributed by atoms with van der Waals surface area (Å²) in [5, 5.41) is 1.98. The second-order valence-corrected chi connectivity index (χ2v) is 3.38. The number of methoxy groups -OCH3 is 1. The van der Waals surface area contributed by atoms with E-state index < -0.39 is 0 Å². The van der Waals surface area contributed by atoms with Gasteiger partial charge in [0.25, 0.3) is 0 Å². The average Bonchev–Trinajstić information content (AvgIpc) is 2.71. The van der Waals surface area contributed by atoms with Crippen molar-refractivity contribution >= 4 is 0 Å². The smallest absolute Gasteiger partial charge is 0.189 e. The maximum absolute atomic E-state index is 5.71. The van der Waals surface area contributed by atoms with Gasteiger partial charge < -0.3 is 9.57 Å². The van der Waals surface area contributed by atoms with Crippen molar-refractivity contribution in [1.29, 1.82) is 0 Å². The van der Waals surface area contributed by atoms with Gasteiger partial charge in [-0.05, 0) is 25.0 Å². The lowest BCUT2D eigenvalue weighted by atomic mass is 10.3. The maximum Gasteiger partial charge on any atom is 0.189 e. The monoisotopic (exact) mass is 193 g/mol. The Balaban J connectivity index is 2.07. The van der Waals surface area contributed by atoms with Crippen LogP contribution in [0.25, 0.3) is 0 Å². The molecule has 0 aromatic heterocycles. The summed E-state index contributed by atoms with van der Waals surface area (Å²) in [7, 11) is 1.66. The van der Waals surface area contributed by atoms with Crippen LogP contribution in [-0.4, -0.2) is 25.3 Å². The van der Waals surface area contributed by atoms with Crippen molar-refractivity contribution < 1.29 is 9.57 Å². The summed E-state index contributed by atoms with van der Waals surface area (Å²) in [6.07, 6.45) is 2.43. The van der Waals surface area contributed by atoms with Gasteiger partial charge in [-0.3, -0.25) is 0 Å². The summed E-state index contributed by atoms with van der Waals surface area (Å²) in [6, 6.07) is 7.73. The van der Waals surface area contributed by atoms with E-state index in [4.69, 9.17) is 9.57 Å². The molecule has 1 fully saturated rings. The molecule has 0 atom stereocenters. The predicted molar refractivity (Wildman–Crippen MR) is 54.4 cm³/mol. The van der Waals surface area contributed by atoms with Gasteiger partial charge in [-0.2, -0.15) is 0 Å². The lowest BCUT2D eigenvalue weighted by Crippen LogP contribution is -2.23. The van der Waals surface area contributed by atoms with E-state index in [1.807, 2.05) is 29.3 Å². The van der Waals surface area contributed by atoms with Gasteiger partial charge in [0.2, 0.25) is 0 Å². The molecule has 14 heavy (non-hydrogen) atoms. The first-order valence-corrected chi connectivity index (χ1v) is 4.96. The van der Waals surface area contributed by atoms with Crippen LogP contribution < -0.4 is 9.57 Å². The lowest BCUT2D eigenvalue weighted by molar-refractivity contribution is -0.0367. The zero-order chi connectivity index (χ0) is 9.80. The van der Waals surface area contributed by atoms with Gasteiger partial charge in [0.05, 0.1) is 7.11 Å². The molecule has 1 aliphatic heterocycles. The first-order chi connectivity index (χ1) is 6.90. The molecule has 0 saturated carbocycles. The molecular formula is C11H15NO2. The van der Waals surface area contributed by atoms with Crippen molar-refractivity contribution in [2.45, 2.75) is 12.8 Å². The maximum atomic E-state index is 5.71. The summed E-state index contributed by atoms with van der Waals surface area (Å²) in [4.78, 5) is 5.71. The van der Waals surface area contributed by atoms with Crippen LogP contribution in [-0.2, 0) is 0 Å². The topological polar surface area (TPSA) is 21.7 Å². The first-order valence-electron chi connectivity index (χ1n) is 4.96.